The van der Waals surface area contributed by atoms with Gasteiger partial charge in [0.1, 0.15) is 17.5 Å². The van der Waals surface area contributed by atoms with E-state index < -0.39 is 0 Å². The number of hydrogen-bond donors (Lipinski definition) is 2. The van der Waals surface area contributed by atoms with Crippen LogP contribution in [0.4, 0.5) is 17.3 Å². The molecule has 1 unspecified atom stereocenters. The lowest BCUT2D eigenvalue weighted by molar-refractivity contribution is 0.120. The summed E-state index contributed by atoms with van der Waals surface area (Å²) in [5, 5.41) is 6.76. The van der Waals surface area contributed by atoms with Crippen molar-refractivity contribution in [2.75, 3.05) is 23.8 Å². The minimum atomic E-state index is 0.292. The highest BCUT2D eigenvalue weighted by molar-refractivity contribution is 5.63. The largest absolute Gasteiger partial charge is 0.376 e. The van der Waals surface area contributed by atoms with Crippen LogP contribution in [0, 0.1) is 20.8 Å². The lowest BCUT2D eigenvalue weighted by Crippen LogP contribution is -2.19. The molecule has 5 heteroatoms. The molecule has 3 rings (SSSR count). The predicted octanol–water partition coefficient (Wildman–Crippen LogP) is 3.74. The van der Waals surface area contributed by atoms with Crippen molar-refractivity contribution in [1.29, 1.82) is 0 Å². The van der Waals surface area contributed by atoms with Gasteiger partial charge in [-0.15, -0.1) is 0 Å². The molecule has 23 heavy (non-hydrogen) atoms. The monoisotopic (exact) mass is 312 g/mol. The van der Waals surface area contributed by atoms with Crippen LogP contribution >= 0.6 is 0 Å². The van der Waals surface area contributed by atoms with Gasteiger partial charge in [0.15, 0.2) is 0 Å². The first-order valence-electron chi connectivity index (χ1n) is 8.15. The number of rotatable bonds is 5. The van der Waals surface area contributed by atoms with Gasteiger partial charge in [0.25, 0.3) is 0 Å². The van der Waals surface area contributed by atoms with Crippen molar-refractivity contribution in [3.05, 3.63) is 41.2 Å². The fourth-order valence-corrected chi connectivity index (χ4v) is 2.75. The lowest BCUT2D eigenvalue weighted by Gasteiger charge is -2.14. The molecule has 1 aliphatic heterocycles. The molecule has 1 aromatic carbocycles. The Hall–Kier alpha value is -2.14. The standard InChI is InChI=1S/C18H24N4O/c1-12-6-7-13(2)16(9-12)22-18-10-17(20-14(3)21-18)19-11-15-5-4-8-23-15/h6-7,9-10,15H,4-5,8,11H2,1-3H3,(H2,19,20,21,22). The van der Waals surface area contributed by atoms with Gasteiger partial charge in [0, 0.05) is 24.9 Å². The Bertz CT molecular complexity index is 681. The van der Waals surface area contributed by atoms with Gasteiger partial charge in [-0.1, -0.05) is 12.1 Å². The molecular formula is C18H24N4O. The maximum Gasteiger partial charge on any atom is 0.136 e. The number of aryl methyl sites for hydroxylation is 3. The summed E-state index contributed by atoms with van der Waals surface area (Å²) in [6.07, 6.45) is 2.56. The fraction of sp³-hybridized carbons (Fsp3) is 0.444. The molecule has 0 radical (unpaired) electrons. The topological polar surface area (TPSA) is 59.1 Å². The Labute approximate surface area is 137 Å². The fourth-order valence-electron chi connectivity index (χ4n) is 2.75. The van der Waals surface area contributed by atoms with Gasteiger partial charge in [-0.05, 0) is 50.8 Å². The number of anilines is 3. The molecule has 2 N–H and O–H groups in total. The molecule has 0 saturated carbocycles. The zero-order valence-corrected chi connectivity index (χ0v) is 14.0. The SMILES string of the molecule is Cc1ccc(C)c(Nc2cc(NCC3CCCO3)nc(C)n2)c1. The molecular weight excluding hydrogens is 288 g/mol. The predicted molar refractivity (Wildman–Crippen MR) is 93.4 cm³/mol. The molecule has 1 atom stereocenters. The van der Waals surface area contributed by atoms with Crippen LogP contribution in [0.25, 0.3) is 0 Å². The molecule has 1 aliphatic rings. The van der Waals surface area contributed by atoms with Gasteiger partial charge < -0.3 is 15.4 Å². The van der Waals surface area contributed by atoms with Gasteiger partial charge >= 0.3 is 0 Å². The van der Waals surface area contributed by atoms with Gasteiger partial charge in [0.05, 0.1) is 6.10 Å². The quantitative estimate of drug-likeness (QED) is 0.881. The van der Waals surface area contributed by atoms with E-state index in [-0.39, 0.29) is 0 Å². The van der Waals surface area contributed by atoms with Crippen LogP contribution in [0.1, 0.15) is 29.8 Å². The minimum Gasteiger partial charge on any atom is -0.376 e. The van der Waals surface area contributed by atoms with Crippen LogP contribution in [-0.2, 0) is 4.74 Å². The molecule has 2 aromatic rings. The zero-order valence-electron chi connectivity index (χ0n) is 14.0. The summed E-state index contributed by atoms with van der Waals surface area (Å²) in [6, 6.07) is 8.30. The van der Waals surface area contributed by atoms with Crippen LogP contribution in [0.3, 0.4) is 0 Å². The van der Waals surface area contributed by atoms with E-state index in [0.29, 0.717) is 6.10 Å². The Morgan fingerprint density at radius 3 is 2.74 bits per heavy atom. The summed E-state index contributed by atoms with van der Waals surface area (Å²) < 4.78 is 5.64. The molecule has 122 valence electrons. The molecule has 5 nitrogen and oxygen atoms in total. The Kier molecular flexibility index (Phi) is 4.76. The number of benzene rings is 1. The third-order valence-electron chi connectivity index (χ3n) is 4.03. The molecule has 2 heterocycles. The average molecular weight is 312 g/mol. The number of ether oxygens (including phenoxy) is 1. The van der Waals surface area contributed by atoms with Gasteiger partial charge in [-0.2, -0.15) is 0 Å². The van der Waals surface area contributed by atoms with Gasteiger partial charge in [-0.3, -0.25) is 0 Å². The second-order valence-corrected chi connectivity index (χ2v) is 6.14. The summed E-state index contributed by atoms with van der Waals surface area (Å²) in [6.45, 7) is 7.75. The second kappa shape index (κ2) is 6.96. The highest BCUT2D eigenvalue weighted by atomic mass is 16.5. The first-order valence-corrected chi connectivity index (χ1v) is 8.15. The molecule has 1 saturated heterocycles. The van der Waals surface area contributed by atoms with Crippen molar-refractivity contribution in [2.24, 2.45) is 0 Å². The molecule has 0 aliphatic carbocycles. The summed E-state index contributed by atoms with van der Waals surface area (Å²) in [7, 11) is 0. The van der Waals surface area contributed by atoms with Gasteiger partial charge in [0.2, 0.25) is 0 Å². The van der Waals surface area contributed by atoms with E-state index in [1.165, 1.54) is 11.1 Å². The van der Waals surface area contributed by atoms with Crippen LogP contribution < -0.4 is 10.6 Å². The van der Waals surface area contributed by atoms with E-state index in [1.807, 2.05) is 13.0 Å². The average Bonchev–Trinajstić information content (AvgIpc) is 3.02. The first kappa shape index (κ1) is 15.7. The normalized spacial score (nSPS) is 17.3. The molecule has 1 aromatic heterocycles. The minimum absolute atomic E-state index is 0.292. The highest BCUT2D eigenvalue weighted by Crippen LogP contribution is 2.22. The van der Waals surface area contributed by atoms with Crippen molar-refractivity contribution >= 4 is 17.3 Å². The number of nitrogens with zero attached hydrogens (tertiary/aromatic N) is 2. The van der Waals surface area contributed by atoms with Crippen LogP contribution in [0.15, 0.2) is 24.3 Å². The zero-order chi connectivity index (χ0) is 16.2. The van der Waals surface area contributed by atoms with Crippen LogP contribution in [0.2, 0.25) is 0 Å². The van der Waals surface area contributed by atoms with E-state index in [9.17, 15) is 0 Å². The Morgan fingerprint density at radius 1 is 1.13 bits per heavy atom. The summed E-state index contributed by atoms with van der Waals surface area (Å²) >= 11 is 0. The Morgan fingerprint density at radius 2 is 1.96 bits per heavy atom. The van der Waals surface area contributed by atoms with E-state index in [0.717, 1.165) is 49.1 Å². The lowest BCUT2D eigenvalue weighted by atomic mass is 10.1. The number of nitrogens with one attached hydrogen (secondary N) is 2. The number of aromatic nitrogens is 2. The summed E-state index contributed by atoms with van der Waals surface area (Å²) in [4.78, 5) is 8.94. The smallest absolute Gasteiger partial charge is 0.136 e. The molecule has 0 spiro atoms. The Balaban J connectivity index is 1.72. The second-order valence-electron chi connectivity index (χ2n) is 6.14. The van der Waals surface area contributed by atoms with Crippen LogP contribution in [0.5, 0.6) is 0 Å². The van der Waals surface area contributed by atoms with Crippen molar-refractivity contribution < 1.29 is 4.74 Å². The molecule has 1 fully saturated rings. The molecule has 0 bridgehead atoms. The van der Waals surface area contributed by atoms with E-state index in [2.05, 4.69) is 52.6 Å². The van der Waals surface area contributed by atoms with Crippen molar-refractivity contribution in [3.63, 3.8) is 0 Å². The van der Waals surface area contributed by atoms with Crippen molar-refractivity contribution in [3.8, 4) is 0 Å². The van der Waals surface area contributed by atoms with E-state index in [1.54, 1.807) is 0 Å². The van der Waals surface area contributed by atoms with Crippen molar-refractivity contribution in [2.45, 2.75) is 39.7 Å². The maximum absolute atomic E-state index is 5.64. The molecule has 0 amide bonds. The van der Waals surface area contributed by atoms with Crippen molar-refractivity contribution in [1.82, 2.24) is 9.97 Å². The third kappa shape index (κ3) is 4.20. The van der Waals surface area contributed by atoms with E-state index in [4.69, 9.17) is 4.74 Å². The summed E-state index contributed by atoms with van der Waals surface area (Å²) in [5.74, 6) is 2.39. The van der Waals surface area contributed by atoms with Gasteiger partial charge in [-0.25, -0.2) is 9.97 Å². The number of hydrogen-bond acceptors (Lipinski definition) is 5. The van der Waals surface area contributed by atoms with E-state index >= 15 is 0 Å². The first-order chi connectivity index (χ1) is 11.1. The maximum atomic E-state index is 5.64. The highest BCUT2D eigenvalue weighted by Gasteiger charge is 2.15. The van der Waals surface area contributed by atoms with Crippen LogP contribution in [-0.4, -0.2) is 29.2 Å². The summed E-state index contributed by atoms with van der Waals surface area (Å²) in [5.41, 5.74) is 3.49. The third-order valence-corrected chi connectivity index (χ3v) is 4.03.